The van der Waals surface area contributed by atoms with Gasteiger partial charge in [-0.2, -0.15) is 5.10 Å². The molecule has 9 nitrogen and oxygen atoms in total. The summed E-state index contributed by atoms with van der Waals surface area (Å²) in [6.45, 7) is 4.10. The molecule has 5 rings (SSSR count). The van der Waals surface area contributed by atoms with Gasteiger partial charge in [0.05, 0.1) is 11.1 Å². The molecule has 3 heterocycles. The van der Waals surface area contributed by atoms with Gasteiger partial charge in [0.2, 0.25) is 11.8 Å². The minimum atomic E-state index is -0.664. The van der Waals surface area contributed by atoms with Gasteiger partial charge in [0.15, 0.2) is 0 Å². The van der Waals surface area contributed by atoms with E-state index in [4.69, 9.17) is 32.9 Å². The number of rotatable bonds is 6. The summed E-state index contributed by atoms with van der Waals surface area (Å²) in [6, 6.07) is 10.2. The molecule has 0 radical (unpaired) electrons. The number of carbonyl (C=O) groups excluding carboxylic acids is 2. The number of anilines is 1. The molecule has 1 saturated heterocycles. The van der Waals surface area contributed by atoms with E-state index >= 15 is 0 Å². The number of benzene rings is 1. The second-order valence-corrected chi connectivity index (χ2v) is 9.37. The Balaban J connectivity index is 1.43. The number of pyridine rings is 1. The number of nitrogens with two attached hydrogens (primary N) is 2. The van der Waals surface area contributed by atoms with Crippen LogP contribution in [0.3, 0.4) is 0 Å². The van der Waals surface area contributed by atoms with Crippen LogP contribution in [0.1, 0.15) is 42.1 Å². The van der Waals surface area contributed by atoms with Gasteiger partial charge in [-0.15, -0.1) is 0 Å². The molecule has 3 aromatic rings. The fraction of sp³-hybridized carbons (Fsp3) is 0.280. The predicted molar refractivity (Wildman–Crippen MR) is 132 cm³/mol. The lowest BCUT2D eigenvalue weighted by atomic mass is 9.96. The van der Waals surface area contributed by atoms with E-state index in [0.717, 1.165) is 25.7 Å². The molecule has 2 fully saturated rings. The van der Waals surface area contributed by atoms with Crippen molar-refractivity contribution in [1.29, 1.82) is 0 Å². The molecule has 1 atom stereocenters. The van der Waals surface area contributed by atoms with E-state index in [1.807, 2.05) is 4.90 Å². The van der Waals surface area contributed by atoms with Gasteiger partial charge < -0.3 is 21.1 Å². The van der Waals surface area contributed by atoms with Crippen LogP contribution in [0.4, 0.5) is 5.82 Å². The van der Waals surface area contributed by atoms with Crippen molar-refractivity contribution in [2.24, 2.45) is 5.73 Å². The van der Waals surface area contributed by atoms with E-state index in [1.165, 1.54) is 12.3 Å². The number of nitrogen functional groups attached to an aromatic ring is 1. The number of likely N-dealkylation sites (tertiary alicyclic amines) is 1. The average molecular weight is 493 g/mol. The zero-order valence-electron chi connectivity index (χ0n) is 19.0. The third kappa shape index (κ3) is 4.23. The summed E-state index contributed by atoms with van der Waals surface area (Å²) < 4.78 is 7.37. The Morgan fingerprint density at radius 3 is 2.51 bits per heavy atom. The molecule has 0 unspecified atom stereocenters. The molecule has 0 bridgehead atoms. The topological polar surface area (TPSA) is 129 Å². The average Bonchev–Trinajstić information content (AvgIpc) is 3.54. The van der Waals surface area contributed by atoms with Crippen molar-refractivity contribution in [3.05, 3.63) is 65.8 Å². The van der Waals surface area contributed by atoms with Crippen LogP contribution in [-0.2, 0) is 4.79 Å². The van der Waals surface area contributed by atoms with Crippen molar-refractivity contribution in [2.75, 3.05) is 12.3 Å². The summed E-state index contributed by atoms with van der Waals surface area (Å²) >= 11 is 5.86. The van der Waals surface area contributed by atoms with Crippen LogP contribution in [0.25, 0.3) is 11.3 Å². The van der Waals surface area contributed by atoms with E-state index in [0.29, 0.717) is 34.5 Å². The highest BCUT2D eigenvalue weighted by atomic mass is 35.5. The molecule has 10 heteroatoms. The zero-order chi connectivity index (χ0) is 24.7. The lowest BCUT2D eigenvalue weighted by molar-refractivity contribution is -0.131. The molecule has 35 heavy (non-hydrogen) atoms. The van der Waals surface area contributed by atoms with Crippen LogP contribution >= 0.6 is 11.6 Å². The van der Waals surface area contributed by atoms with Gasteiger partial charge in [-0.1, -0.05) is 18.2 Å². The summed E-state index contributed by atoms with van der Waals surface area (Å²) in [4.78, 5) is 30.8. The Hall–Kier alpha value is -3.85. The summed E-state index contributed by atoms with van der Waals surface area (Å²) in [5.74, 6) is 0.387. The van der Waals surface area contributed by atoms with E-state index in [2.05, 4.69) is 11.6 Å². The molecule has 1 aliphatic carbocycles. The largest absolute Gasteiger partial charge is 0.439 e. The Bertz CT molecular complexity index is 1300. The molecule has 1 aliphatic heterocycles. The van der Waals surface area contributed by atoms with Crippen LogP contribution in [0.2, 0.25) is 5.02 Å². The van der Waals surface area contributed by atoms with Gasteiger partial charge in [0.25, 0.3) is 5.91 Å². The number of ether oxygens (including phenoxy) is 1. The minimum Gasteiger partial charge on any atom is -0.439 e. The summed E-state index contributed by atoms with van der Waals surface area (Å²) in [5.41, 5.74) is 13.2. The molecule has 1 spiro atoms. The van der Waals surface area contributed by atoms with E-state index < -0.39 is 5.91 Å². The molecule has 2 amide bonds. The lowest BCUT2D eigenvalue weighted by Crippen LogP contribution is -2.48. The first-order valence-corrected chi connectivity index (χ1v) is 11.7. The SMILES string of the molecule is C=CC(=O)N1C[C@@H](n2nc(-c3ccc(Oc4ccc(Cl)cn4)cc3)c(C(N)=O)c2N)CCC12CC2. The second-order valence-electron chi connectivity index (χ2n) is 8.93. The second kappa shape index (κ2) is 8.74. The smallest absolute Gasteiger partial charge is 0.254 e. The highest BCUT2D eigenvalue weighted by Gasteiger charge is 2.52. The van der Waals surface area contributed by atoms with Crippen molar-refractivity contribution in [3.8, 4) is 22.9 Å². The molecular formula is C25H25ClN6O3. The van der Waals surface area contributed by atoms with Crippen LogP contribution in [0.5, 0.6) is 11.6 Å². The van der Waals surface area contributed by atoms with Crippen LogP contribution < -0.4 is 16.2 Å². The van der Waals surface area contributed by atoms with Crippen molar-refractivity contribution in [1.82, 2.24) is 19.7 Å². The number of halogens is 1. The number of aromatic nitrogens is 3. The fourth-order valence-corrected chi connectivity index (χ4v) is 4.87. The van der Waals surface area contributed by atoms with Gasteiger partial charge in [-0.05, 0) is 62.1 Å². The maximum absolute atomic E-state index is 12.5. The third-order valence-electron chi connectivity index (χ3n) is 6.77. The fourth-order valence-electron chi connectivity index (χ4n) is 4.76. The quantitative estimate of drug-likeness (QED) is 0.501. The highest BCUT2D eigenvalue weighted by Crippen LogP contribution is 2.50. The Morgan fingerprint density at radius 2 is 1.91 bits per heavy atom. The highest BCUT2D eigenvalue weighted by molar-refractivity contribution is 6.30. The van der Waals surface area contributed by atoms with Gasteiger partial charge in [0, 0.05) is 29.9 Å². The minimum absolute atomic E-state index is 0.0756. The summed E-state index contributed by atoms with van der Waals surface area (Å²) in [6.07, 6.45) is 6.48. The summed E-state index contributed by atoms with van der Waals surface area (Å²) in [5, 5.41) is 5.21. The van der Waals surface area contributed by atoms with Crippen LogP contribution in [-0.4, -0.2) is 43.6 Å². The third-order valence-corrected chi connectivity index (χ3v) is 6.99. The lowest BCUT2D eigenvalue weighted by Gasteiger charge is -2.40. The van der Waals surface area contributed by atoms with Crippen molar-refractivity contribution in [3.63, 3.8) is 0 Å². The number of nitrogens with zero attached hydrogens (tertiary/aromatic N) is 4. The first-order valence-electron chi connectivity index (χ1n) is 11.3. The molecular weight excluding hydrogens is 468 g/mol. The Kier molecular flexibility index (Phi) is 5.72. The Morgan fingerprint density at radius 1 is 1.17 bits per heavy atom. The first kappa shape index (κ1) is 22.9. The number of hydrogen-bond donors (Lipinski definition) is 2. The van der Waals surface area contributed by atoms with E-state index in [9.17, 15) is 9.59 Å². The number of piperidine rings is 1. The van der Waals surface area contributed by atoms with E-state index in [1.54, 1.807) is 41.1 Å². The van der Waals surface area contributed by atoms with E-state index in [-0.39, 0.29) is 28.9 Å². The predicted octanol–water partition coefficient (Wildman–Crippen LogP) is 3.95. The molecule has 2 aromatic heterocycles. The molecule has 2 aliphatic rings. The maximum Gasteiger partial charge on any atom is 0.254 e. The molecule has 1 saturated carbocycles. The maximum atomic E-state index is 12.5. The van der Waals surface area contributed by atoms with Gasteiger partial charge in [0.1, 0.15) is 22.8 Å². The normalized spacial score (nSPS) is 18.3. The first-order chi connectivity index (χ1) is 16.8. The number of carbonyl (C=O) groups is 2. The number of primary amides is 1. The van der Waals surface area contributed by atoms with Gasteiger partial charge in [-0.3, -0.25) is 9.59 Å². The standard InChI is InChI=1S/C25H25ClN6O3/c1-2-20(33)31-14-17(9-10-25(31)11-12-25)32-23(27)21(24(28)34)22(30-32)15-3-6-18(7-4-15)35-19-8-5-16(26)13-29-19/h2-8,13,17H,1,9-12,14,27H2,(H2,28,34)/t17-/m0/s1. The van der Waals surface area contributed by atoms with Crippen molar-refractivity contribution < 1.29 is 14.3 Å². The van der Waals surface area contributed by atoms with Crippen molar-refractivity contribution in [2.45, 2.75) is 37.3 Å². The monoisotopic (exact) mass is 492 g/mol. The summed E-state index contributed by atoms with van der Waals surface area (Å²) in [7, 11) is 0. The molecule has 180 valence electrons. The Labute approximate surface area is 207 Å². The molecule has 1 aromatic carbocycles. The van der Waals surface area contributed by atoms with Crippen LogP contribution in [0, 0.1) is 0 Å². The number of hydrogen-bond acceptors (Lipinski definition) is 6. The zero-order valence-corrected chi connectivity index (χ0v) is 19.7. The number of amides is 2. The van der Waals surface area contributed by atoms with Crippen LogP contribution in [0.15, 0.2) is 55.3 Å². The molecule has 4 N–H and O–H groups in total. The van der Waals surface area contributed by atoms with Crippen molar-refractivity contribution >= 4 is 29.2 Å². The van der Waals surface area contributed by atoms with Gasteiger partial charge >= 0.3 is 0 Å². The van der Waals surface area contributed by atoms with Gasteiger partial charge in [-0.25, -0.2) is 9.67 Å².